The highest BCUT2D eigenvalue weighted by molar-refractivity contribution is 4.64. The van der Waals surface area contributed by atoms with Crippen LogP contribution in [0.25, 0.3) is 0 Å². The highest BCUT2D eigenvalue weighted by Gasteiger charge is 2.12. The number of hydrogen-bond donors (Lipinski definition) is 0. The van der Waals surface area contributed by atoms with Crippen molar-refractivity contribution in [1.82, 2.24) is 0 Å². The van der Waals surface area contributed by atoms with E-state index in [1.165, 1.54) is 38.5 Å². The number of hydrogen-bond acceptors (Lipinski definition) is 0. The SMILES string of the molecule is CCCC(C)(C)CC.CCCC(C)(C)CC. The van der Waals surface area contributed by atoms with Crippen molar-refractivity contribution < 1.29 is 0 Å². The Morgan fingerprint density at radius 3 is 0.875 bits per heavy atom. The van der Waals surface area contributed by atoms with Crippen molar-refractivity contribution >= 4 is 0 Å². The van der Waals surface area contributed by atoms with Gasteiger partial charge in [0.25, 0.3) is 0 Å². The van der Waals surface area contributed by atoms with E-state index in [9.17, 15) is 0 Å². The number of rotatable bonds is 6. The van der Waals surface area contributed by atoms with Crippen LogP contribution in [-0.2, 0) is 0 Å². The van der Waals surface area contributed by atoms with Crippen molar-refractivity contribution in [3.63, 3.8) is 0 Å². The quantitative estimate of drug-likeness (QED) is 0.490. The van der Waals surface area contributed by atoms with Gasteiger partial charge >= 0.3 is 0 Å². The Balaban J connectivity index is 0. The van der Waals surface area contributed by atoms with Crippen LogP contribution in [0.15, 0.2) is 0 Å². The van der Waals surface area contributed by atoms with E-state index in [4.69, 9.17) is 0 Å². The summed E-state index contributed by atoms with van der Waals surface area (Å²) in [5, 5.41) is 0. The Hall–Kier alpha value is 0. The van der Waals surface area contributed by atoms with Crippen LogP contribution in [0.3, 0.4) is 0 Å². The lowest BCUT2D eigenvalue weighted by Gasteiger charge is -2.20. The molecule has 0 aromatic heterocycles. The van der Waals surface area contributed by atoms with Crippen LogP contribution in [-0.4, -0.2) is 0 Å². The van der Waals surface area contributed by atoms with E-state index in [0.717, 1.165) is 0 Å². The van der Waals surface area contributed by atoms with Gasteiger partial charge in [0.05, 0.1) is 0 Å². The summed E-state index contributed by atoms with van der Waals surface area (Å²) in [5.74, 6) is 0. The molecule has 0 aromatic carbocycles. The third kappa shape index (κ3) is 12.1. The van der Waals surface area contributed by atoms with Crippen LogP contribution in [0.1, 0.15) is 93.9 Å². The van der Waals surface area contributed by atoms with Crippen molar-refractivity contribution in [3.05, 3.63) is 0 Å². The summed E-state index contributed by atoms with van der Waals surface area (Å²) in [7, 11) is 0. The van der Waals surface area contributed by atoms with Crippen LogP contribution in [0, 0.1) is 10.8 Å². The molecule has 0 radical (unpaired) electrons. The third-order valence-electron chi connectivity index (χ3n) is 3.77. The van der Waals surface area contributed by atoms with Gasteiger partial charge in [-0.25, -0.2) is 0 Å². The maximum atomic E-state index is 2.33. The van der Waals surface area contributed by atoms with Gasteiger partial charge in [-0.05, 0) is 23.7 Å². The lowest BCUT2D eigenvalue weighted by molar-refractivity contribution is 0.318. The third-order valence-corrected chi connectivity index (χ3v) is 3.77. The summed E-state index contributed by atoms with van der Waals surface area (Å²) in [5.41, 5.74) is 1.18. The Morgan fingerprint density at radius 2 is 0.812 bits per heavy atom. The minimum absolute atomic E-state index is 0.592. The fraction of sp³-hybridized carbons (Fsp3) is 1.00. The molecular weight excluding hydrogens is 192 g/mol. The molecule has 0 heteroatoms. The monoisotopic (exact) mass is 228 g/mol. The van der Waals surface area contributed by atoms with Crippen LogP contribution in [0.5, 0.6) is 0 Å². The zero-order valence-electron chi connectivity index (χ0n) is 13.2. The molecule has 0 unspecified atom stereocenters. The lowest BCUT2D eigenvalue weighted by Crippen LogP contribution is -2.07. The molecule has 16 heavy (non-hydrogen) atoms. The van der Waals surface area contributed by atoms with E-state index in [-0.39, 0.29) is 0 Å². The maximum Gasteiger partial charge on any atom is -0.0357 e. The molecule has 0 fully saturated rings. The summed E-state index contributed by atoms with van der Waals surface area (Å²) in [6.45, 7) is 18.3. The van der Waals surface area contributed by atoms with Gasteiger partial charge in [-0.15, -0.1) is 0 Å². The van der Waals surface area contributed by atoms with Gasteiger partial charge in [0.1, 0.15) is 0 Å². The molecule has 0 rings (SSSR count). The van der Waals surface area contributed by atoms with Crippen LogP contribution >= 0.6 is 0 Å². The van der Waals surface area contributed by atoms with Crippen LogP contribution in [0.2, 0.25) is 0 Å². The average Bonchev–Trinajstić information content (AvgIpc) is 2.19. The van der Waals surface area contributed by atoms with E-state index in [0.29, 0.717) is 10.8 Å². The molecule has 0 aromatic rings. The smallest absolute Gasteiger partial charge is 0.0357 e. The molecule has 0 atom stereocenters. The van der Waals surface area contributed by atoms with Gasteiger partial charge in [-0.2, -0.15) is 0 Å². The molecule has 0 saturated heterocycles. The Bertz CT molecular complexity index is 124. The highest BCUT2D eigenvalue weighted by atomic mass is 14.2. The van der Waals surface area contributed by atoms with Gasteiger partial charge in [0.2, 0.25) is 0 Å². The van der Waals surface area contributed by atoms with Gasteiger partial charge in [0, 0.05) is 0 Å². The first kappa shape index (κ1) is 18.4. The largest absolute Gasteiger partial charge is 0.0654 e. The van der Waals surface area contributed by atoms with E-state index >= 15 is 0 Å². The van der Waals surface area contributed by atoms with E-state index < -0.39 is 0 Å². The topological polar surface area (TPSA) is 0 Å². The minimum atomic E-state index is 0.592. The molecule has 0 nitrogen and oxygen atoms in total. The molecule has 0 aliphatic carbocycles. The lowest BCUT2D eigenvalue weighted by atomic mass is 9.86. The standard InChI is InChI=1S/2C8H18/c2*1-5-7-8(3,4)6-2/h2*5-7H2,1-4H3. The molecule has 0 aliphatic heterocycles. The van der Waals surface area contributed by atoms with Gasteiger partial charge in [-0.1, -0.05) is 81.1 Å². The van der Waals surface area contributed by atoms with Crippen LogP contribution in [0.4, 0.5) is 0 Å². The minimum Gasteiger partial charge on any atom is -0.0654 e. The molecule has 0 bridgehead atoms. The predicted octanol–water partition coefficient (Wildman–Crippen LogP) is 6.45. The maximum absolute atomic E-state index is 2.33. The summed E-state index contributed by atoms with van der Waals surface area (Å²) >= 11 is 0. The van der Waals surface area contributed by atoms with Crippen molar-refractivity contribution in [2.75, 3.05) is 0 Å². The van der Waals surface area contributed by atoms with E-state index in [2.05, 4.69) is 55.4 Å². The summed E-state index contributed by atoms with van der Waals surface area (Å²) in [4.78, 5) is 0. The first-order valence-corrected chi connectivity index (χ1v) is 7.24. The second kappa shape index (κ2) is 9.07. The van der Waals surface area contributed by atoms with Crippen molar-refractivity contribution in [3.8, 4) is 0 Å². The average molecular weight is 228 g/mol. The first-order chi connectivity index (χ1) is 7.24. The molecule has 0 aliphatic rings. The fourth-order valence-electron chi connectivity index (χ4n) is 1.71. The fourth-order valence-corrected chi connectivity index (χ4v) is 1.71. The summed E-state index contributed by atoms with van der Waals surface area (Å²) in [6.07, 6.45) is 7.98. The molecule has 0 saturated carbocycles. The zero-order valence-corrected chi connectivity index (χ0v) is 13.2. The molecule has 0 spiro atoms. The highest BCUT2D eigenvalue weighted by Crippen LogP contribution is 2.25. The van der Waals surface area contributed by atoms with E-state index in [1.807, 2.05) is 0 Å². The second-order valence-corrected chi connectivity index (χ2v) is 6.54. The van der Waals surface area contributed by atoms with Gasteiger partial charge in [-0.3, -0.25) is 0 Å². The first-order valence-electron chi connectivity index (χ1n) is 7.24. The van der Waals surface area contributed by atoms with Crippen molar-refractivity contribution in [2.24, 2.45) is 10.8 Å². The Kier molecular flexibility index (Phi) is 10.4. The molecular formula is C16H36. The summed E-state index contributed by atoms with van der Waals surface area (Å²) < 4.78 is 0. The van der Waals surface area contributed by atoms with E-state index in [1.54, 1.807) is 0 Å². The molecule has 0 amide bonds. The van der Waals surface area contributed by atoms with Crippen LogP contribution < -0.4 is 0 Å². The van der Waals surface area contributed by atoms with Gasteiger partial charge in [0.15, 0.2) is 0 Å². The molecule has 0 heterocycles. The van der Waals surface area contributed by atoms with Gasteiger partial charge < -0.3 is 0 Å². The normalized spacial score (nSPS) is 12.0. The second-order valence-electron chi connectivity index (χ2n) is 6.54. The molecule has 0 N–H and O–H groups in total. The zero-order chi connectivity index (χ0) is 13.2. The predicted molar refractivity (Wildman–Crippen MR) is 78.0 cm³/mol. The Morgan fingerprint density at radius 1 is 0.562 bits per heavy atom. The van der Waals surface area contributed by atoms with Crippen molar-refractivity contribution in [1.29, 1.82) is 0 Å². The Labute approximate surface area is 105 Å². The summed E-state index contributed by atoms with van der Waals surface area (Å²) in [6, 6.07) is 0. The van der Waals surface area contributed by atoms with Crippen molar-refractivity contribution in [2.45, 2.75) is 93.9 Å². The molecule has 100 valence electrons.